The Kier molecular flexibility index (Phi) is 3.66. The highest BCUT2D eigenvalue weighted by Crippen LogP contribution is 2.29. The van der Waals surface area contributed by atoms with Crippen LogP contribution in [-0.4, -0.2) is 6.54 Å². The lowest BCUT2D eigenvalue weighted by molar-refractivity contribution is 0.502. The molecule has 1 atom stereocenters. The van der Waals surface area contributed by atoms with E-state index in [2.05, 4.69) is 24.4 Å². The number of rotatable bonds is 5. The molecule has 0 radical (unpaired) electrons. The Morgan fingerprint density at radius 1 is 1.33 bits per heavy atom. The number of hydrogen-bond donors (Lipinski definition) is 1. The van der Waals surface area contributed by atoms with E-state index < -0.39 is 0 Å². The van der Waals surface area contributed by atoms with Gasteiger partial charge in [-0.2, -0.15) is 0 Å². The first kappa shape index (κ1) is 11.0. The van der Waals surface area contributed by atoms with Crippen molar-refractivity contribution in [1.82, 2.24) is 5.32 Å². The van der Waals surface area contributed by atoms with Crippen molar-refractivity contribution < 1.29 is 0 Å². The van der Waals surface area contributed by atoms with Gasteiger partial charge in [-0.15, -0.1) is 0 Å². The van der Waals surface area contributed by atoms with Gasteiger partial charge < -0.3 is 5.32 Å². The molecule has 0 saturated heterocycles. The highest BCUT2D eigenvalue weighted by molar-refractivity contribution is 6.30. The van der Waals surface area contributed by atoms with Gasteiger partial charge in [-0.05, 0) is 49.4 Å². The van der Waals surface area contributed by atoms with E-state index in [4.69, 9.17) is 11.6 Å². The number of halogens is 1. The maximum absolute atomic E-state index is 5.88. The summed E-state index contributed by atoms with van der Waals surface area (Å²) in [6, 6.07) is 8.67. The minimum atomic E-state index is 0.489. The highest BCUT2D eigenvalue weighted by atomic mass is 35.5. The van der Waals surface area contributed by atoms with Crippen LogP contribution >= 0.6 is 11.6 Å². The topological polar surface area (TPSA) is 12.0 Å². The minimum absolute atomic E-state index is 0.489. The van der Waals surface area contributed by atoms with Crippen molar-refractivity contribution in [1.29, 1.82) is 0 Å². The zero-order chi connectivity index (χ0) is 10.7. The lowest BCUT2D eigenvalue weighted by atomic mass is 10.0. The van der Waals surface area contributed by atoms with Crippen LogP contribution in [0.25, 0.3) is 0 Å². The molecular formula is C13H18ClN. The van der Waals surface area contributed by atoms with Gasteiger partial charge in [-0.25, -0.2) is 0 Å². The molecule has 1 aliphatic carbocycles. The van der Waals surface area contributed by atoms with Crippen LogP contribution in [0.4, 0.5) is 0 Å². The van der Waals surface area contributed by atoms with Crippen molar-refractivity contribution in [3.63, 3.8) is 0 Å². The summed E-state index contributed by atoms with van der Waals surface area (Å²) in [5.74, 6) is 0.936. The second-order valence-corrected chi connectivity index (χ2v) is 4.80. The summed E-state index contributed by atoms with van der Waals surface area (Å²) in [5, 5.41) is 4.44. The fourth-order valence-corrected chi connectivity index (χ4v) is 1.95. The molecule has 0 aromatic heterocycles. The predicted molar refractivity (Wildman–Crippen MR) is 65.2 cm³/mol. The number of nitrogens with one attached hydrogen (secondary N) is 1. The van der Waals surface area contributed by atoms with Gasteiger partial charge in [-0.3, -0.25) is 0 Å². The zero-order valence-corrected chi connectivity index (χ0v) is 9.93. The van der Waals surface area contributed by atoms with E-state index in [1.807, 2.05) is 12.1 Å². The molecule has 15 heavy (non-hydrogen) atoms. The first-order valence-corrected chi connectivity index (χ1v) is 6.16. The summed E-state index contributed by atoms with van der Waals surface area (Å²) >= 11 is 5.88. The average Bonchev–Trinajstić information content (AvgIpc) is 3.05. The molecule has 0 amide bonds. The summed E-state index contributed by atoms with van der Waals surface area (Å²) in [6.45, 7) is 3.39. The quantitative estimate of drug-likeness (QED) is 0.801. The lowest BCUT2D eigenvalue weighted by Gasteiger charge is -2.17. The van der Waals surface area contributed by atoms with E-state index in [1.165, 1.54) is 24.9 Å². The van der Waals surface area contributed by atoms with Gasteiger partial charge in [-0.1, -0.05) is 30.7 Å². The third-order valence-corrected chi connectivity index (χ3v) is 3.28. The molecule has 0 unspecified atom stereocenters. The van der Waals surface area contributed by atoms with Crippen molar-refractivity contribution in [3.8, 4) is 0 Å². The maximum Gasteiger partial charge on any atom is 0.0406 e. The third-order valence-electron chi connectivity index (χ3n) is 3.03. The van der Waals surface area contributed by atoms with Gasteiger partial charge in [0.1, 0.15) is 0 Å². The maximum atomic E-state index is 5.88. The van der Waals surface area contributed by atoms with E-state index in [-0.39, 0.29) is 0 Å². The molecule has 1 saturated carbocycles. The molecule has 0 aliphatic heterocycles. The first-order chi connectivity index (χ1) is 7.29. The molecule has 0 bridgehead atoms. The molecule has 1 aliphatic rings. The van der Waals surface area contributed by atoms with Gasteiger partial charge in [0.2, 0.25) is 0 Å². The van der Waals surface area contributed by atoms with Gasteiger partial charge in [0.05, 0.1) is 0 Å². The predicted octanol–water partition coefficient (Wildman–Crippen LogP) is 3.79. The highest BCUT2D eigenvalue weighted by Gasteiger charge is 2.22. The van der Waals surface area contributed by atoms with Crippen molar-refractivity contribution >= 4 is 11.6 Å². The Morgan fingerprint density at radius 3 is 2.53 bits per heavy atom. The molecular weight excluding hydrogens is 206 g/mol. The van der Waals surface area contributed by atoms with E-state index in [0.29, 0.717) is 6.04 Å². The SMILES string of the molecule is CC[C@H](NCC1CC1)c1ccc(Cl)cc1. The largest absolute Gasteiger partial charge is 0.310 e. The van der Waals surface area contributed by atoms with E-state index in [1.54, 1.807) is 0 Å². The van der Waals surface area contributed by atoms with Crippen LogP contribution in [0.3, 0.4) is 0 Å². The average molecular weight is 224 g/mol. The molecule has 1 nitrogen and oxygen atoms in total. The summed E-state index contributed by atoms with van der Waals surface area (Å²) in [5.41, 5.74) is 1.35. The second-order valence-electron chi connectivity index (χ2n) is 4.36. The van der Waals surface area contributed by atoms with Gasteiger partial charge in [0.15, 0.2) is 0 Å². The van der Waals surface area contributed by atoms with Crippen LogP contribution in [0, 0.1) is 5.92 Å². The third kappa shape index (κ3) is 3.22. The van der Waals surface area contributed by atoms with Crippen LogP contribution in [0.5, 0.6) is 0 Å². The molecule has 1 N–H and O–H groups in total. The molecule has 2 heteroatoms. The second kappa shape index (κ2) is 5.00. The van der Waals surface area contributed by atoms with Crippen molar-refractivity contribution in [2.75, 3.05) is 6.54 Å². The van der Waals surface area contributed by atoms with Crippen LogP contribution in [0.2, 0.25) is 5.02 Å². The van der Waals surface area contributed by atoms with Crippen LogP contribution in [0.15, 0.2) is 24.3 Å². The van der Waals surface area contributed by atoms with E-state index in [0.717, 1.165) is 17.4 Å². The Morgan fingerprint density at radius 2 is 2.00 bits per heavy atom. The molecule has 2 rings (SSSR count). The molecule has 1 fully saturated rings. The number of benzene rings is 1. The smallest absolute Gasteiger partial charge is 0.0406 e. The van der Waals surface area contributed by atoms with Crippen LogP contribution in [-0.2, 0) is 0 Å². The Bertz CT molecular complexity index is 303. The van der Waals surface area contributed by atoms with E-state index in [9.17, 15) is 0 Å². The van der Waals surface area contributed by atoms with Gasteiger partial charge in [0, 0.05) is 11.1 Å². The number of hydrogen-bond acceptors (Lipinski definition) is 1. The van der Waals surface area contributed by atoms with Gasteiger partial charge in [0.25, 0.3) is 0 Å². The first-order valence-electron chi connectivity index (χ1n) is 5.78. The monoisotopic (exact) mass is 223 g/mol. The van der Waals surface area contributed by atoms with Gasteiger partial charge >= 0.3 is 0 Å². The van der Waals surface area contributed by atoms with Crippen molar-refractivity contribution in [3.05, 3.63) is 34.9 Å². The molecule has 1 aromatic rings. The summed E-state index contributed by atoms with van der Waals surface area (Å²) in [4.78, 5) is 0. The Hall–Kier alpha value is -0.530. The molecule has 0 heterocycles. The Balaban J connectivity index is 1.94. The summed E-state index contributed by atoms with van der Waals surface area (Å²) < 4.78 is 0. The van der Waals surface area contributed by atoms with Crippen LogP contribution in [0.1, 0.15) is 37.8 Å². The lowest BCUT2D eigenvalue weighted by Crippen LogP contribution is -2.22. The molecule has 0 spiro atoms. The minimum Gasteiger partial charge on any atom is -0.310 e. The zero-order valence-electron chi connectivity index (χ0n) is 9.17. The van der Waals surface area contributed by atoms with E-state index >= 15 is 0 Å². The fourth-order valence-electron chi connectivity index (χ4n) is 1.82. The Labute approximate surface area is 96.8 Å². The summed E-state index contributed by atoms with van der Waals surface area (Å²) in [7, 11) is 0. The van der Waals surface area contributed by atoms with Crippen molar-refractivity contribution in [2.24, 2.45) is 5.92 Å². The van der Waals surface area contributed by atoms with Crippen molar-refractivity contribution in [2.45, 2.75) is 32.2 Å². The van der Waals surface area contributed by atoms with Crippen LogP contribution < -0.4 is 5.32 Å². The molecule has 1 aromatic carbocycles. The molecule has 82 valence electrons. The normalized spacial score (nSPS) is 17.7. The fraction of sp³-hybridized carbons (Fsp3) is 0.538. The summed E-state index contributed by atoms with van der Waals surface area (Å²) in [6.07, 6.45) is 3.95. The standard InChI is InChI=1S/C13H18ClN/c1-2-13(15-9-10-3-4-10)11-5-7-12(14)8-6-11/h5-8,10,13,15H,2-4,9H2,1H3/t13-/m0/s1.